The number of halogens is 1. The number of carbonyl (C=O) groups is 1. The van der Waals surface area contributed by atoms with Crippen molar-refractivity contribution in [3.05, 3.63) is 29.3 Å². The lowest BCUT2D eigenvalue weighted by Crippen LogP contribution is -2.57. The minimum absolute atomic E-state index is 0.00122. The van der Waals surface area contributed by atoms with Gasteiger partial charge in [-0.05, 0) is 25.0 Å². The summed E-state index contributed by atoms with van der Waals surface area (Å²) >= 11 is 6.14. The van der Waals surface area contributed by atoms with E-state index in [-0.39, 0.29) is 48.1 Å². The van der Waals surface area contributed by atoms with Gasteiger partial charge in [0.1, 0.15) is 4.90 Å². The Hall–Kier alpha value is -1.23. The van der Waals surface area contributed by atoms with Crippen LogP contribution in [0.3, 0.4) is 0 Å². The van der Waals surface area contributed by atoms with Gasteiger partial charge in [0, 0.05) is 13.6 Å². The molecule has 10 heteroatoms. The summed E-state index contributed by atoms with van der Waals surface area (Å²) in [6, 6.07) is 5.72. The van der Waals surface area contributed by atoms with Gasteiger partial charge in [-0.15, -0.1) is 0 Å². The number of β-amino-alcohol motifs (C(OH)–C–C–N with tert-alkyl or cyclic N) is 1. The van der Waals surface area contributed by atoms with Crippen molar-refractivity contribution in [1.29, 1.82) is 0 Å². The first-order chi connectivity index (χ1) is 13.3. The van der Waals surface area contributed by atoms with Crippen LogP contribution in [0.15, 0.2) is 29.2 Å². The molecule has 0 radical (unpaired) electrons. The van der Waals surface area contributed by atoms with Gasteiger partial charge >= 0.3 is 0 Å². The van der Waals surface area contributed by atoms with Crippen LogP contribution in [0, 0.1) is 0 Å². The molecule has 0 spiro atoms. The number of hydrogen-bond donors (Lipinski definition) is 2. The minimum Gasteiger partial charge on any atom is -0.389 e. The van der Waals surface area contributed by atoms with Crippen molar-refractivity contribution < 1.29 is 27.8 Å². The fourth-order valence-corrected chi connectivity index (χ4v) is 5.87. The number of rotatable bonds is 4. The fourth-order valence-electron chi connectivity index (χ4n) is 3.66. The maximum Gasteiger partial charge on any atom is 0.244 e. The van der Waals surface area contributed by atoms with Gasteiger partial charge < -0.3 is 19.9 Å². The molecule has 2 heterocycles. The van der Waals surface area contributed by atoms with E-state index in [1.54, 1.807) is 19.2 Å². The maximum absolute atomic E-state index is 13.3. The van der Waals surface area contributed by atoms with E-state index in [9.17, 15) is 18.3 Å². The normalized spacial score (nSPS) is 29.4. The van der Waals surface area contributed by atoms with Crippen LogP contribution in [0.25, 0.3) is 0 Å². The molecule has 0 aliphatic carbocycles. The Morgan fingerprint density at radius 2 is 2.07 bits per heavy atom. The zero-order chi connectivity index (χ0) is 20.3. The van der Waals surface area contributed by atoms with Crippen molar-refractivity contribution in [2.45, 2.75) is 48.5 Å². The molecule has 0 bridgehead atoms. The van der Waals surface area contributed by atoms with Gasteiger partial charge in [0.05, 0.1) is 49.0 Å². The highest BCUT2D eigenvalue weighted by atomic mass is 35.5. The van der Waals surface area contributed by atoms with E-state index in [1.165, 1.54) is 16.4 Å². The number of aliphatic hydroxyl groups is 1. The molecule has 2 aliphatic rings. The summed E-state index contributed by atoms with van der Waals surface area (Å²) in [6.07, 6.45) is -0.570. The topological polar surface area (TPSA) is 105 Å². The second-order valence-corrected chi connectivity index (χ2v) is 9.28. The lowest BCUT2D eigenvalue weighted by atomic mass is 9.96. The maximum atomic E-state index is 13.3. The van der Waals surface area contributed by atoms with Crippen molar-refractivity contribution in [3.63, 3.8) is 0 Å². The number of nitrogens with one attached hydrogen (secondary N) is 1. The summed E-state index contributed by atoms with van der Waals surface area (Å²) in [4.78, 5) is 11.7. The van der Waals surface area contributed by atoms with Gasteiger partial charge in [-0.25, -0.2) is 8.42 Å². The van der Waals surface area contributed by atoms with E-state index in [4.69, 9.17) is 21.1 Å². The Morgan fingerprint density at radius 3 is 2.79 bits per heavy atom. The first kappa shape index (κ1) is 21.5. The molecule has 0 unspecified atom stereocenters. The number of amides is 1. The fraction of sp³-hybridized carbons (Fsp3) is 0.611. The molecular weight excluding hydrogens is 408 g/mol. The summed E-state index contributed by atoms with van der Waals surface area (Å²) < 4.78 is 39.5. The van der Waals surface area contributed by atoms with Crippen molar-refractivity contribution >= 4 is 27.5 Å². The highest BCUT2D eigenvalue weighted by Crippen LogP contribution is 2.33. The summed E-state index contributed by atoms with van der Waals surface area (Å²) in [7, 11) is -2.39. The highest BCUT2D eigenvalue weighted by Gasteiger charge is 2.43. The van der Waals surface area contributed by atoms with Crippen LogP contribution < -0.4 is 5.32 Å². The van der Waals surface area contributed by atoms with Crippen LogP contribution in [0.2, 0.25) is 5.02 Å². The van der Waals surface area contributed by atoms with Gasteiger partial charge in [-0.3, -0.25) is 4.79 Å². The molecule has 4 atom stereocenters. The number of hydrogen-bond acceptors (Lipinski definition) is 6. The molecule has 3 rings (SSSR count). The summed E-state index contributed by atoms with van der Waals surface area (Å²) in [5.41, 5.74) is 0. The third-order valence-electron chi connectivity index (χ3n) is 5.05. The van der Waals surface area contributed by atoms with Gasteiger partial charge in [0.15, 0.2) is 0 Å². The van der Waals surface area contributed by atoms with Crippen LogP contribution in [-0.4, -0.2) is 74.9 Å². The molecule has 2 N–H and O–H groups in total. The Morgan fingerprint density at radius 1 is 1.32 bits per heavy atom. The molecular formula is C18H25ClN2O6S. The number of nitrogens with zero attached hydrogens (tertiary/aromatic N) is 1. The molecule has 2 saturated heterocycles. The van der Waals surface area contributed by atoms with E-state index in [0.717, 1.165) is 0 Å². The number of ether oxygens (including phenoxy) is 2. The quantitative estimate of drug-likeness (QED) is 0.728. The van der Waals surface area contributed by atoms with E-state index >= 15 is 0 Å². The second-order valence-electron chi connectivity index (χ2n) is 7.01. The van der Waals surface area contributed by atoms with Crippen LogP contribution in [0.1, 0.15) is 19.3 Å². The Labute approximate surface area is 169 Å². The first-order valence-electron chi connectivity index (χ1n) is 9.21. The molecule has 1 aromatic rings. The van der Waals surface area contributed by atoms with Crippen LogP contribution in [0.5, 0.6) is 0 Å². The average Bonchev–Trinajstić information content (AvgIpc) is 2.65. The van der Waals surface area contributed by atoms with Crippen LogP contribution in [-0.2, 0) is 24.3 Å². The summed E-state index contributed by atoms with van der Waals surface area (Å²) in [5.74, 6) is -0.133. The summed E-state index contributed by atoms with van der Waals surface area (Å²) in [5, 5.41) is 12.9. The number of aliphatic hydroxyl groups excluding tert-OH is 1. The average molecular weight is 433 g/mol. The van der Waals surface area contributed by atoms with E-state index in [2.05, 4.69) is 5.32 Å². The number of benzene rings is 1. The van der Waals surface area contributed by atoms with Crippen molar-refractivity contribution in [3.8, 4) is 0 Å². The summed E-state index contributed by atoms with van der Waals surface area (Å²) in [6.45, 7) is 0.0277. The van der Waals surface area contributed by atoms with Crippen LogP contribution in [0.4, 0.5) is 0 Å². The molecule has 28 heavy (non-hydrogen) atoms. The van der Waals surface area contributed by atoms with Crippen molar-refractivity contribution in [2.75, 3.05) is 26.8 Å². The Balaban J connectivity index is 1.88. The standard InChI is InChI=1S/C18H25ClN2O6S/c1-20-18(23)8-13-6-7-15-16(27-13)11-26-10-12(22)9-21(15)28(24,25)17-5-3-2-4-14(17)19/h2-5,12-13,15-16,22H,6-11H2,1H3,(H,20,23)/t12-,13+,15-,16+/m0/s1. The predicted octanol–water partition coefficient (Wildman–Crippen LogP) is 0.774. The Bertz CT molecular complexity index is 805. The third kappa shape index (κ3) is 4.67. The van der Waals surface area contributed by atoms with E-state index in [0.29, 0.717) is 12.8 Å². The number of sulfonamides is 1. The van der Waals surface area contributed by atoms with Crippen LogP contribution >= 0.6 is 11.6 Å². The largest absolute Gasteiger partial charge is 0.389 e. The van der Waals surface area contributed by atoms with Gasteiger partial charge in [-0.2, -0.15) is 4.31 Å². The monoisotopic (exact) mass is 432 g/mol. The molecule has 2 aliphatic heterocycles. The molecule has 1 amide bonds. The molecule has 1 aromatic carbocycles. The zero-order valence-electron chi connectivity index (χ0n) is 15.6. The van der Waals surface area contributed by atoms with Gasteiger partial charge in [-0.1, -0.05) is 23.7 Å². The zero-order valence-corrected chi connectivity index (χ0v) is 17.2. The van der Waals surface area contributed by atoms with Crippen molar-refractivity contribution in [1.82, 2.24) is 9.62 Å². The lowest BCUT2D eigenvalue weighted by Gasteiger charge is -2.43. The number of carbonyl (C=O) groups excluding carboxylic acids is 1. The van der Waals surface area contributed by atoms with E-state index in [1.807, 2.05) is 0 Å². The van der Waals surface area contributed by atoms with Crippen molar-refractivity contribution in [2.24, 2.45) is 0 Å². The van der Waals surface area contributed by atoms with Gasteiger partial charge in [0.2, 0.25) is 15.9 Å². The first-order valence-corrected chi connectivity index (χ1v) is 11.0. The predicted molar refractivity (Wildman–Crippen MR) is 103 cm³/mol. The SMILES string of the molecule is CNC(=O)C[C@H]1CC[C@H]2[C@@H](COC[C@@H](O)CN2S(=O)(=O)c2ccccc2Cl)O1. The second kappa shape index (κ2) is 9.06. The Kier molecular flexibility index (Phi) is 6.95. The lowest BCUT2D eigenvalue weighted by molar-refractivity contribution is -0.146. The smallest absolute Gasteiger partial charge is 0.244 e. The molecule has 0 aromatic heterocycles. The minimum atomic E-state index is -3.95. The molecule has 156 valence electrons. The molecule has 2 fully saturated rings. The third-order valence-corrected chi connectivity index (χ3v) is 7.44. The van der Waals surface area contributed by atoms with E-state index < -0.39 is 28.3 Å². The molecule has 8 nitrogen and oxygen atoms in total. The molecule has 0 saturated carbocycles. The number of fused-ring (bicyclic) bond motifs is 1. The van der Waals surface area contributed by atoms with Gasteiger partial charge in [0.25, 0.3) is 0 Å². The highest BCUT2D eigenvalue weighted by molar-refractivity contribution is 7.89.